The number of ether oxygens (including phenoxy) is 1. The molecule has 4 aliphatic carbocycles. The van der Waals surface area contributed by atoms with Crippen molar-refractivity contribution in [3.05, 3.63) is 47.5 Å². The number of rotatable bonds is 12. The largest absolute Gasteiger partial charge is 0.479 e. The number of aliphatic hydroxyl groups is 2. The summed E-state index contributed by atoms with van der Waals surface area (Å²) >= 11 is 0. The second-order valence-electron chi connectivity index (χ2n) is 15.5. The normalized spacial score (nSPS) is 32.8. The first-order valence-corrected chi connectivity index (χ1v) is 17.7. The number of aliphatic carboxylic acids is 1. The number of carbonyl (C=O) groups excluding carboxylic acids is 5. The highest BCUT2D eigenvalue weighted by Crippen LogP contribution is 2.67. The number of hydrogen-bond donors (Lipinski definition) is 5. The maximum atomic E-state index is 13.6. The van der Waals surface area contributed by atoms with Crippen molar-refractivity contribution < 1.29 is 48.8 Å². The van der Waals surface area contributed by atoms with E-state index in [0.717, 1.165) is 18.4 Å². The molecule has 5 N–H and O–H groups in total. The number of Topliss-reactive ketones (excluding diaryl/α,β-unsaturated/α-hetero) is 1. The third kappa shape index (κ3) is 6.88. The quantitative estimate of drug-likeness (QED) is 0.203. The lowest BCUT2D eigenvalue weighted by Gasteiger charge is -2.60. The Morgan fingerprint density at radius 2 is 1.68 bits per heavy atom. The third-order valence-electron chi connectivity index (χ3n) is 12.4. The summed E-state index contributed by atoms with van der Waals surface area (Å²) in [6.07, 6.45) is 3.91. The molecule has 1 aromatic rings. The second-order valence-corrected chi connectivity index (χ2v) is 15.5. The minimum Gasteiger partial charge on any atom is -0.479 e. The Kier molecular flexibility index (Phi) is 10.7. The number of allylic oxidation sites excluding steroid dienone is 1. The van der Waals surface area contributed by atoms with E-state index in [1.54, 1.807) is 50.3 Å². The van der Waals surface area contributed by atoms with Crippen LogP contribution in [0.5, 0.6) is 0 Å². The van der Waals surface area contributed by atoms with E-state index in [0.29, 0.717) is 24.8 Å². The van der Waals surface area contributed by atoms with Crippen LogP contribution in [0.1, 0.15) is 97.1 Å². The fourth-order valence-corrected chi connectivity index (χ4v) is 9.65. The summed E-state index contributed by atoms with van der Waals surface area (Å²) in [4.78, 5) is 76.0. The average Bonchev–Trinajstić information content (AvgIpc) is 3.34. The van der Waals surface area contributed by atoms with E-state index in [1.807, 2.05) is 6.92 Å². The first-order chi connectivity index (χ1) is 23.5. The molecule has 9 atom stereocenters. The van der Waals surface area contributed by atoms with Gasteiger partial charge >= 0.3 is 11.9 Å². The van der Waals surface area contributed by atoms with Gasteiger partial charge in [0.25, 0.3) is 0 Å². The van der Waals surface area contributed by atoms with Gasteiger partial charge in [-0.15, -0.1) is 0 Å². The van der Waals surface area contributed by atoms with E-state index in [9.17, 15) is 44.1 Å². The average molecular weight is 695 g/mol. The number of hydrogen-bond acceptors (Lipinski definition) is 9. The van der Waals surface area contributed by atoms with Gasteiger partial charge in [-0.2, -0.15) is 0 Å². The highest BCUT2D eigenvalue weighted by atomic mass is 16.5. The van der Waals surface area contributed by atoms with Crippen LogP contribution in [0.2, 0.25) is 0 Å². The van der Waals surface area contributed by atoms with Crippen molar-refractivity contribution in [1.29, 1.82) is 0 Å². The van der Waals surface area contributed by atoms with Crippen LogP contribution in [0.15, 0.2) is 42.0 Å². The molecule has 0 spiro atoms. The first-order valence-electron chi connectivity index (χ1n) is 17.7. The van der Waals surface area contributed by atoms with Crippen molar-refractivity contribution in [2.75, 3.05) is 6.61 Å². The maximum absolute atomic E-state index is 13.6. The van der Waals surface area contributed by atoms with E-state index < -0.39 is 71.3 Å². The fourth-order valence-electron chi connectivity index (χ4n) is 9.65. The molecule has 0 aromatic heterocycles. The summed E-state index contributed by atoms with van der Waals surface area (Å²) in [5.74, 6) is -4.35. The molecule has 0 saturated heterocycles. The van der Waals surface area contributed by atoms with Gasteiger partial charge in [-0.1, -0.05) is 63.6 Å². The lowest BCUT2D eigenvalue weighted by molar-refractivity contribution is -0.184. The molecule has 4 aliphatic rings. The van der Waals surface area contributed by atoms with Crippen LogP contribution in [-0.2, 0) is 33.5 Å². The SMILES string of the molecule is CC(C)[C@@H](NC(=O)CCC(=O)OCC(=O)[C@]1(O)CC[C@@H]2[C@H]3CCC4=CC(=O)CC[C@]4(C)[C@H]3[C@@H](O)C[C@@]21C)C(=O)N[C@H](C(=O)O)c1ccccc1. The Hall–Kier alpha value is -3.90. The number of benzene rings is 1. The van der Waals surface area contributed by atoms with Gasteiger partial charge in [-0.25, -0.2) is 4.79 Å². The molecule has 0 radical (unpaired) electrons. The predicted octanol–water partition coefficient (Wildman–Crippen LogP) is 3.20. The Labute approximate surface area is 292 Å². The van der Waals surface area contributed by atoms with Crippen LogP contribution in [0.25, 0.3) is 0 Å². The molecule has 0 unspecified atom stereocenters. The third-order valence-corrected chi connectivity index (χ3v) is 12.4. The van der Waals surface area contributed by atoms with E-state index in [2.05, 4.69) is 17.6 Å². The number of fused-ring (bicyclic) bond motifs is 5. The topological polar surface area (TPSA) is 196 Å². The Morgan fingerprint density at radius 3 is 2.34 bits per heavy atom. The van der Waals surface area contributed by atoms with Gasteiger partial charge < -0.3 is 30.7 Å². The molecule has 12 heteroatoms. The van der Waals surface area contributed by atoms with Gasteiger partial charge in [0.15, 0.2) is 18.4 Å². The van der Waals surface area contributed by atoms with Gasteiger partial charge in [0.1, 0.15) is 11.6 Å². The fraction of sp³-hybridized carbons (Fsp3) is 0.632. The molecular weight excluding hydrogens is 644 g/mol. The van der Waals surface area contributed by atoms with E-state index >= 15 is 0 Å². The van der Waals surface area contributed by atoms with Crippen LogP contribution in [0, 0.1) is 34.5 Å². The van der Waals surface area contributed by atoms with Crippen molar-refractivity contribution in [2.45, 2.75) is 109 Å². The number of carboxylic acid groups (broad SMARTS) is 1. The smallest absolute Gasteiger partial charge is 0.330 e. The van der Waals surface area contributed by atoms with E-state index in [4.69, 9.17) is 4.74 Å². The lowest BCUT2D eigenvalue weighted by Crippen LogP contribution is -2.62. The van der Waals surface area contributed by atoms with Crippen LogP contribution in [0.4, 0.5) is 0 Å². The number of carboxylic acids is 1. The molecule has 5 rings (SSSR count). The lowest BCUT2D eigenvalue weighted by atomic mass is 9.45. The molecule has 0 heterocycles. The Bertz CT molecular complexity index is 1560. The van der Waals surface area contributed by atoms with Crippen LogP contribution in [0.3, 0.4) is 0 Å². The minimum atomic E-state index is -1.80. The Balaban J connectivity index is 1.14. The molecule has 2 amide bonds. The molecular formula is C38H50N2O10. The zero-order valence-corrected chi connectivity index (χ0v) is 29.3. The molecule has 272 valence electrons. The summed E-state index contributed by atoms with van der Waals surface area (Å²) in [5.41, 5.74) is -1.56. The van der Waals surface area contributed by atoms with Crippen LogP contribution in [-0.4, -0.2) is 75.0 Å². The summed E-state index contributed by atoms with van der Waals surface area (Å²) in [6, 6.07) is 5.77. The van der Waals surface area contributed by atoms with Crippen molar-refractivity contribution in [1.82, 2.24) is 10.6 Å². The monoisotopic (exact) mass is 694 g/mol. The zero-order valence-electron chi connectivity index (χ0n) is 29.3. The minimum absolute atomic E-state index is 0.0233. The van der Waals surface area contributed by atoms with Gasteiger partial charge in [0.2, 0.25) is 17.6 Å². The molecule has 12 nitrogen and oxygen atoms in total. The van der Waals surface area contributed by atoms with Crippen LogP contribution >= 0.6 is 0 Å². The van der Waals surface area contributed by atoms with Crippen LogP contribution < -0.4 is 10.6 Å². The number of nitrogens with one attached hydrogen (secondary N) is 2. The summed E-state index contributed by atoms with van der Waals surface area (Å²) < 4.78 is 5.24. The number of ketones is 2. The molecule has 3 saturated carbocycles. The number of carbonyl (C=O) groups is 6. The summed E-state index contributed by atoms with van der Waals surface area (Å²) in [6.45, 7) is 6.69. The first kappa shape index (κ1) is 37.4. The van der Waals surface area contributed by atoms with Gasteiger partial charge in [0.05, 0.1) is 12.5 Å². The second kappa shape index (κ2) is 14.4. The number of esters is 1. The summed E-state index contributed by atoms with van der Waals surface area (Å²) in [5, 5.41) is 38.2. The van der Waals surface area contributed by atoms with E-state index in [-0.39, 0.29) is 54.6 Å². The summed E-state index contributed by atoms with van der Waals surface area (Å²) in [7, 11) is 0. The highest BCUT2D eigenvalue weighted by Gasteiger charge is 2.68. The highest BCUT2D eigenvalue weighted by molar-refractivity contribution is 5.93. The number of amides is 2. The maximum Gasteiger partial charge on any atom is 0.330 e. The molecule has 3 fully saturated rings. The van der Waals surface area contributed by atoms with Gasteiger partial charge in [-0.05, 0) is 79.3 Å². The molecule has 50 heavy (non-hydrogen) atoms. The molecule has 0 aliphatic heterocycles. The van der Waals surface area contributed by atoms with Gasteiger partial charge in [-0.3, -0.25) is 24.0 Å². The standard InChI is InChI=1S/C38H50N2O10/c1-21(2)32(34(46)40-33(35(47)48)22-8-6-5-7-9-22)39-29(44)12-13-30(45)50-20-28(43)38(49)17-15-26-25-11-10-23-18-24(41)14-16-36(23,3)31(25)27(42)19-37(26,38)4/h5-9,18,21,25-27,31-33,42,49H,10-17,19-20H2,1-4H3,(H,39,44)(H,40,46)(H,47,48)/t25-,26-,27+,31-,32-,33+,36+,37+,38-/m1/s1. The van der Waals surface area contributed by atoms with Crippen molar-refractivity contribution in [2.24, 2.45) is 34.5 Å². The zero-order chi connectivity index (χ0) is 36.6. The predicted molar refractivity (Wildman–Crippen MR) is 180 cm³/mol. The number of aliphatic hydroxyl groups excluding tert-OH is 1. The molecule has 0 bridgehead atoms. The van der Waals surface area contributed by atoms with Crippen molar-refractivity contribution in [3.8, 4) is 0 Å². The van der Waals surface area contributed by atoms with Crippen molar-refractivity contribution >= 4 is 35.3 Å². The molecule has 1 aromatic carbocycles. The Morgan fingerprint density at radius 1 is 0.980 bits per heavy atom. The van der Waals surface area contributed by atoms with Gasteiger partial charge in [0, 0.05) is 18.3 Å². The van der Waals surface area contributed by atoms with E-state index in [1.165, 1.54) is 0 Å². The van der Waals surface area contributed by atoms with Crippen molar-refractivity contribution in [3.63, 3.8) is 0 Å².